The molecule has 1 unspecified atom stereocenters. The van der Waals surface area contributed by atoms with Crippen molar-refractivity contribution in [2.24, 2.45) is 0 Å². The second kappa shape index (κ2) is 5.19. The highest BCUT2D eigenvalue weighted by Crippen LogP contribution is 2.33. The normalized spacial score (nSPS) is 13.9. The van der Waals surface area contributed by atoms with Crippen LogP contribution < -0.4 is 4.74 Å². The molecule has 0 heterocycles. The quantitative estimate of drug-likeness (QED) is 0.928. The lowest BCUT2D eigenvalue weighted by Gasteiger charge is -2.25. The van der Waals surface area contributed by atoms with Crippen LogP contribution in [-0.4, -0.2) is 12.2 Å². The highest BCUT2D eigenvalue weighted by atomic mass is 35.5. The van der Waals surface area contributed by atoms with E-state index in [0.29, 0.717) is 16.3 Å². The third kappa shape index (κ3) is 2.72. The number of halogens is 2. The molecule has 2 aromatic rings. The van der Waals surface area contributed by atoms with Crippen LogP contribution in [0, 0.1) is 5.82 Å². The van der Waals surface area contributed by atoms with Gasteiger partial charge in [0.1, 0.15) is 17.2 Å². The number of aliphatic hydroxyl groups is 1. The van der Waals surface area contributed by atoms with Gasteiger partial charge in [-0.2, -0.15) is 0 Å². The molecule has 1 atom stereocenters. The van der Waals surface area contributed by atoms with Gasteiger partial charge in [-0.3, -0.25) is 0 Å². The van der Waals surface area contributed by atoms with Gasteiger partial charge in [-0.05, 0) is 36.8 Å². The Bertz CT molecular complexity index is 596. The fraction of sp³-hybridized carbons (Fsp3) is 0.200. The molecule has 0 aliphatic carbocycles. The number of ether oxygens (including phenoxy) is 1. The molecule has 0 amide bonds. The lowest BCUT2D eigenvalue weighted by Crippen LogP contribution is -2.24. The lowest BCUT2D eigenvalue weighted by molar-refractivity contribution is 0.0977. The minimum Gasteiger partial charge on any atom is -0.497 e. The Morgan fingerprint density at radius 3 is 2.58 bits per heavy atom. The zero-order valence-corrected chi connectivity index (χ0v) is 11.4. The van der Waals surface area contributed by atoms with Crippen molar-refractivity contribution >= 4 is 11.6 Å². The van der Waals surface area contributed by atoms with Crippen molar-refractivity contribution in [2.45, 2.75) is 12.5 Å². The Hall–Kier alpha value is -1.58. The second-order valence-electron chi connectivity index (χ2n) is 4.43. The first-order chi connectivity index (χ1) is 8.95. The molecule has 0 bridgehead atoms. The Kier molecular flexibility index (Phi) is 3.78. The van der Waals surface area contributed by atoms with E-state index in [1.807, 2.05) is 0 Å². The molecule has 2 nitrogen and oxygen atoms in total. The fourth-order valence-corrected chi connectivity index (χ4v) is 2.12. The van der Waals surface area contributed by atoms with Crippen LogP contribution in [0.25, 0.3) is 0 Å². The van der Waals surface area contributed by atoms with Crippen LogP contribution in [-0.2, 0) is 5.60 Å². The van der Waals surface area contributed by atoms with Gasteiger partial charge in [0.25, 0.3) is 0 Å². The highest BCUT2D eigenvalue weighted by Gasteiger charge is 2.29. The van der Waals surface area contributed by atoms with E-state index in [1.54, 1.807) is 30.3 Å². The molecule has 0 saturated carbocycles. The van der Waals surface area contributed by atoms with Gasteiger partial charge in [0.2, 0.25) is 0 Å². The molecule has 19 heavy (non-hydrogen) atoms. The summed E-state index contributed by atoms with van der Waals surface area (Å²) in [4.78, 5) is 0. The maximum atomic E-state index is 13.9. The Morgan fingerprint density at radius 1 is 1.21 bits per heavy atom. The van der Waals surface area contributed by atoms with Crippen molar-refractivity contribution in [2.75, 3.05) is 7.11 Å². The van der Waals surface area contributed by atoms with Crippen molar-refractivity contribution in [3.63, 3.8) is 0 Å². The summed E-state index contributed by atoms with van der Waals surface area (Å²) >= 11 is 5.72. The van der Waals surface area contributed by atoms with Crippen LogP contribution >= 0.6 is 11.6 Å². The summed E-state index contributed by atoms with van der Waals surface area (Å²) in [5.74, 6) is 0.0625. The molecule has 100 valence electrons. The van der Waals surface area contributed by atoms with Gasteiger partial charge >= 0.3 is 0 Å². The van der Waals surface area contributed by atoms with E-state index in [2.05, 4.69) is 0 Å². The summed E-state index contributed by atoms with van der Waals surface area (Å²) in [5, 5.41) is 10.9. The van der Waals surface area contributed by atoms with Gasteiger partial charge < -0.3 is 9.84 Å². The first kappa shape index (κ1) is 13.8. The van der Waals surface area contributed by atoms with E-state index in [0.717, 1.165) is 0 Å². The van der Waals surface area contributed by atoms with Crippen molar-refractivity contribution in [3.05, 3.63) is 64.4 Å². The van der Waals surface area contributed by atoms with Crippen LogP contribution in [0.5, 0.6) is 5.75 Å². The van der Waals surface area contributed by atoms with Gasteiger partial charge in [0.15, 0.2) is 0 Å². The summed E-state index contributed by atoms with van der Waals surface area (Å²) in [6.07, 6.45) is 0. The molecule has 0 aliphatic heterocycles. The van der Waals surface area contributed by atoms with Crippen molar-refractivity contribution in [3.8, 4) is 5.75 Å². The minimum absolute atomic E-state index is 0.171. The predicted octanol–water partition coefficient (Wildman–Crippen LogP) is 3.74. The zero-order valence-electron chi connectivity index (χ0n) is 10.7. The van der Waals surface area contributed by atoms with Gasteiger partial charge in [-0.1, -0.05) is 29.8 Å². The van der Waals surface area contributed by atoms with E-state index in [-0.39, 0.29) is 5.56 Å². The SMILES string of the molecule is COc1cccc(C(C)(O)c2ccc(Cl)cc2F)c1. The maximum absolute atomic E-state index is 13.9. The van der Waals surface area contributed by atoms with E-state index in [4.69, 9.17) is 16.3 Å². The van der Waals surface area contributed by atoms with Crippen molar-refractivity contribution in [1.29, 1.82) is 0 Å². The van der Waals surface area contributed by atoms with Crippen molar-refractivity contribution in [1.82, 2.24) is 0 Å². The molecule has 1 N–H and O–H groups in total. The third-order valence-electron chi connectivity index (χ3n) is 3.09. The van der Waals surface area contributed by atoms with E-state index in [9.17, 15) is 9.50 Å². The van der Waals surface area contributed by atoms with E-state index in [1.165, 1.54) is 26.2 Å². The van der Waals surface area contributed by atoms with Crippen LogP contribution in [0.15, 0.2) is 42.5 Å². The molecule has 2 aromatic carbocycles. The molecule has 2 rings (SSSR count). The molecular formula is C15H14ClFO2. The fourth-order valence-electron chi connectivity index (χ4n) is 1.97. The smallest absolute Gasteiger partial charge is 0.131 e. The molecule has 0 spiro atoms. The molecule has 0 fully saturated rings. The Balaban J connectivity index is 2.51. The van der Waals surface area contributed by atoms with Gasteiger partial charge in [0.05, 0.1) is 7.11 Å². The maximum Gasteiger partial charge on any atom is 0.131 e. The first-order valence-electron chi connectivity index (χ1n) is 5.77. The standard InChI is InChI=1S/C15H14ClFO2/c1-15(18,10-4-3-5-12(8-10)19-2)13-7-6-11(16)9-14(13)17/h3-9,18H,1-2H3. The number of methoxy groups -OCH3 is 1. The van der Waals surface area contributed by atoms with Crippen LogP contribution in [0.3, 0.4) is 0 Å². The highest BCUT2D eigenvalue weighted by molar-refractivity contribution is 6.30. The molecule has 4 heteroatoms. The first-order valence-corrected chi connectivity index (χ1v) is 6.15. The monoisotopic (exact) mass is 280 g/mol. The lowest BCUT2D eigenvalue weighted by atomic mass is 9.88. The van der Waals surface area contributed by atoms with Gasteiger partial charge in [-0.25, -0.2) is 4.39 Å². The number of hydrogen-bond acceptors (Lipinski definition) is 2. The average Bonchev–Trinajstić information content (AvgIpc) is 2.38. The van der Waals surface area contributed by atoms with Crippen LogP contribution in [0.4, 0.5) is 4.39 Å². The topological polar surface area (TPSA) is 29.5 Å². The van der Waals surface area contributed by atoms with Crippen molar-refractivity contribution < 1.29 is 14.2 Å². The van der Waals surface area contributed by atoms with E-state index >= 15 is 0 Å². The summed E-state index contributed by atoms with van der Waals surface area (Å²) in [6, 6.07) is 11.1. The second-order valence-corrected chi connectivity index (χ2v) is 4.86. The summed E-state index contributed by atoms with van der Waals surface area (Å²) in [5.41, 5.74) is -0.735. The minimum atomic E-state index is -1.46. The Labute approximate surface area is 116 Å². The Morgan fingerprint density at radius 2 is 1.95 bits per heavy atom. The van der Waals surface area contributed by atoms with Crippen LogP contribution in [0.2, 0.25) is 5.02 Å². The van der Waals surface area contributed by atoms with E-state index < -0.39 is 11.4 Å². The van der Waals surface area contributed by atoms with Gasteiger partial charge in [0, 0.05) is 10.6 Å². The molecule has 0 radical (unpaired) electrons. The molecule has 0 aromatic heterocycles. The number of hydrogen-bond donors (Lipinski definition) is 1. The summed E-state index contributed by atoms with van der Waals surface area (Å²) in [6.45, 7) is 1.54. The molecular weight excluding hydrogens is 267 g/mol. The summed E-state index contributed by atoms with van der Waals surface area (Å²) < 4.78 is 19.0. The third-order valence-corrected chi connectivity index (χ3v) is 3.32. The zero-order chi connectivity index (χ0) is 14.0. The number of benzene rings is 2. The molecule has 0 aliphatic rings. The molecule has 0 saturated heterocycles. The average molecular weight is 281 g/mol. The number of rotatable bonds is 3. The van der Waals surface area contributed by atoms with Gasteiger partial charge in [-0.15, -0.1) is 0 Å². The largest absolute Gasteiger partial charge is 0.497 e. The van der Waals surface area contributed by atoms with Crippen LogP contribution in [0.1, 0.15) is 18.1 Å². The predicted molar refractivity (Wildman–Crippen MR) is 73.1 cm³/mol. The summed E-state index contributed by atoms with van der Waals surface area (Å²) in [7, 11) is 1.54.